The highest BCUT2D eigenvalue weighted by Gasteiger charge is 2.12. The molecule has 1 N–H and O–H groups in total. The van der Waals surface area contributed by atoms with Crippen molar-refractivity contribution in [1.82, 2.24) is 15.3 Å². The smallest absolute Gasteiger partial charge is 0.251 e. The zero-order valence-corrected chi connectivity index (χ0v) is 18.5. The minimum atomic E-state index is -0.163. The van der Waals surface area contributed by atoms with Crippen molar-refractivity contribution in [2.24, 2.45) is 0 Å². The van der Waals surface area contributed by atoms with Gasteiger partial charge >= 0.3 is 0 Å². The average molecular weight is 442 g/mol. The molecule has 4 aromatic rings. The van der Waals surface area contributed by atoms with Crippen molar-refractivity contribution in [2.75, 3.05) is 0 Å². The van der Waals surface area contributed by atoms with Gasteiger partial charge in [0.1, 0.15) is 17.4 Å². The molecule has 2 heterocycles. The summed E-state index contributed by atoms with van der Waals surface area (Å²) in [6.45, 7) is 2.36. The van der Waals surface area contributed by atoms with Crippen LogP contribution in [0.4, 0.5) is 0 Å². The Hall–Kier alpha value is -3.64. The fourth-order valence-corrected chi connectivity index (χ4v) is 3.85. The lowest BCUT2D eigenvalue weighted by Gasteiger charge is -2.16. The van der Waals surface area contributed by atoms with Gasteiger partial charge in [-0.3, -0.25) is 9.78 Å². The van der Waals surface area contributed by atoms with Gasteiger partial charge in [-0.1, -0.05) is 36.0 Å². The van der Waals surface area contributed by atoms with E-state index in [1.54, 1.807) is 24.2 Å². The molecule has 2 aromatic carbocycles. The molecule has 160 valence electrons. The Morgan fingerprint density at radius 1 is 0.938 bits per heavy atom. The Balaban J connectivity index is 1.35. The van der Waals surface area contributed by atoms with Crippen LogP contribution < -0.4 is 10.1 Å². The van der Waals surface area contributed by atoms with Gasteiger partial charge in [0.25, 0.3) is 5.91 Å². The van der Waals surface area contributed by atoms with Gasteiger partial charge in [0.2, 0.25) is 0 Å². The molecular weight excluding hydrogens is 418 g/mol. The highest BCUT2D eigenvalue weighted by molar-refractivity contribution is 7.99. The summed E-state index contributed by atoms with van der Waals surface area (Å²) < 4.78 is 5.85. The molecule has 1 atom stereocenters. The molecule has 2 aromatic heterocycles. The summed E-state index contributed by atoms with van der Waals surface area (Å²) in [7, 11) is 0. The van der Waals surface area contributed by atoms with E-state index in [0.717, 1.165) is 26.9 Å². The maximum Gasteiger partial charge on any atom is 0.251 e. The molecule has 32 heavy (non-hydrogen) atoms. The quantitative estimate of drug-likeness (QED) is 0.380. The van der Waals surface area contributed by atoms with Gasteiger partial charge in [-0.25, -0.2) is 4.98 Å². The number of nitrogens with zero attached hydrogens (tertiary/aromatic N) is 2. The third kappa shape index (κ3) is 5.95. The fourth-order valence-electron chi connectivity index (χ4n) is 3.08. The van der Waals surface area contributed by atoms with E-state index < -0.39 is 0 Å². The number of pyridine rings is 2. The van der Waals surface area contributed by atoms with E-state index in [-0.39, 0.29) is 11.9 Å². The first-order chi connectivity index (χ1) is 15.7. The van der Waals surface area contributed by atoms with Crippen LogP contribution in [0, 0.1) is 0 Å². The summed E-state index contributed by atoms with van der Waals surface area (Å²) in [6.07, 6.45) is 3.51. The number of hydrogen-bond acceptors (Lipinski definition) is 5. The van der Waals surface area contributed by atoms with E-state index in [4.69, 9.17) is 4.74 Å². The van der Waals surface area contributed by atoms with E-state index in [0.29, 0.717) is 12.2 Å². The summed E-state index contributed by atoms with van der Waals surface area (Å²) >= 11 is 1.56. The zero-order chi connectivity index (χ0) is 22.2. The van der Waals surface area contributed by atoms with Gasteiger partial charge in [0.05, 0.1) is 11.7 Å². The van der Waals surface area contributed by atoms with Crippen LogP contribution in [0.15, 0.2) is 107 Å². The lowest BCUT2D eigenvalue weighted by atomic mass is 10.1. The maximum absolute atomic E-state index is 12.7. The summed E-state index contributed by atoms with van der Waals surface area (Å²) in [5, 5.41) is 3.98. The van der Waals surface area contributed by atoms with Crippen LogP contribution in [-0.2, 0) is 6.61 Å². The van der Waals surface area contributed by atoms with Crippen molar-refractivity contribution in [2.45, 2.75) is 29.5 Å². The number of rotatable bonds is 8. The van der Waals surface area contributed by atoms with Crippen LogP contribution in [0.5, 0.6) is 5.75 Å². The molecule has 0 saturated heterocycles. The Bertz CT molecular complexity index is 1150. The molecule has 0 radical (unpaired) electrons. The third-order valence-electron chi connectivity index (χ3n) is 4.80. The highest BCUT2D eigenvalue weighted by Crippen LogP contribution is 2.26. The monoisotopic (exact) mass is 441 g/mol. The van der Waals surface area contributed by atoms with E-state index in [2.05, 4.69) is 15.3 Å². The van der Waals surface area contributed by atoms with Gasteiger partial charge < -0.3 is 10.1 Å². The molecule has 6 heteroatoms. The first-order valence-corrected chi connectivity index (χ1v) is 11.1. The first-order valence-electron chi connectivity index (χ1n) is 10.3. The summed E-state index contributed by atoms with van der Waals surface area (Å²) in [4.78, 5) is 22.3. The van der Waals surface area contributed by atoms with Crippen LogP contribution in [0.25, 0.3) is 0 Å². The zero-order valence-electron chi connectivity index (χ0n) is 17.6. The van der Waals surface area contributed by atoms with Gasteiger partial charge in [0, 0.05) is 22.9 Å². The predicted molar refractivity (Wildman–Crippen MR) is 126 cm³/mol. The largest absolute Gasteiger partial charge is 0.487 e. The second-order valence-electron chi connectivity index (χ2n) is 7.17. The summed E-state index contributed by atoms with van der Waals surface area (Å²) in [5.74, 6) is 0.622. The molecule has 1 amide bonds. The van der Waals surface area contributed by atoms with E-state index in [9.17, 15) is 4.79 Å². The molecular formula is C26H23N3O2S. The normalized spacial score (nSPS) is 11.5. The van der Waals surface area contributed by atoms with Crippen LogP contribution in [0.3, 0.4) is 0 Å². The van der Waals surface area contributed by atoms with Crippen LogP contribution >= 0.6 is 11.8 Å². The number of carbonyl (C=O) groups is 1. The van der Waals surface area contributed by atoms with Gasteiger partial charge in [-0.15, -0.1) is 0 Å². The minimum Gasteiger partial charge on any atom is -0.487 e. The number of nitrogens with one attached hydrogen (secondary N) is 1. The third-order valence-corrected chi connectivity index (χ3v) is 5.75. The lowest BCUT2D eigenvalue weighted by Crippen LogP contribution is -2.26. The van der Waals surface area contributed by atoms with Crippen molar-refractivity contribution in [3.8, 4) is 5.75 Å². The topological polar surface area (TPSA) is 64.1 Å². The van der Waals surface area contributed by atoms with E-state index in [1.807, 2.05) is 91.9 Å². The van der Waals surface area contributed by atoms with Gasteiger partial charge in [0.15, 0.2) is 0 Å². The number of benzene rings is 2. The molecule has 0 bridgehead atoms. The Kier molecular flexibility index (Phi) is 7.15. The molecule has 4 rings (SSSR count). The SMILES string of the molecule is CC(NC(=O)c1ccc(Sc2ccccn2)cc1)c1cccc(OCc2ccccn2)c1. The molecule has 1 unspecified atom stereocenters. The number of hydrogen-bond donors (Lipinski definition) is 1. The number of amides is 1. The molecule has 5 nitrogen and oxygen atoms in total. The molecule has 0 aliphatic carbocycles. The second-order valence-corrected chi connectivity index (χ2v) is 8.27. The highest BCUT2D eigenvalue weighted by atomic mass is 32.2. The number of ether oxygens (including phenoxy) is 1. The van der Waals surface area contributed by atoms with Crippen molar-refractivity contribution in [1.29, 1.82) is 0 Å². The standard InChI is InChI=1S/C26H23N3O2S/c1-19(21-7-6-9-23(17-21)31-18-22-8-2-4-15-27-22)29-26(30)20-11-13-24(14-12-20)32-25-10-3-5-16-28-25/h2-17,19H,18H2,1H3,(H,29,30). The first kappa shape index (κ1) is 21.6. The van der Waals surface area contributed by atoms with Gasteiger partial charge in [-0.2, -0.15) is 0 Å². The maximum atomic E-state index is 12.7. The summed E-state index contributed by atoms with van der Waals surface area (Å²) in [6, 6.07) is 26.7. The molecule has 0 aliphatic heterocycles. The summed E-state index contributed by atoms with van der Waals surface area (Å²) in [5.41, 5.74) is 2.45. The predicted octanol–water partition coefficient (Wildman–Crippen LogP) is 5.70. The van der Waals surface area contributed by atoms with Crippen LogP contribution in [-0.4, -0.2) is 15.9 Å². The minimum absolute atomic E-state index is 0.119. The van der Waals surface area contributed by atoms with E-state index in [1.165, 1.54) is 0 Å². The Morgan fingerprint density at radius 3 is 2.44 bits per heavy atom. The van der Waals surface area contributed by atoms with Crippen LogP contribution in [0.1, 0.15) is 34.6 Å². The van der Waals surface area contributed by atoms with Gasteiger partial charge in [-0.05, 0) is 73.2 Å². The van der Waals surface area contributed by atoms with Crippen molar-refractivity contribution < 1.29 is 9.53 Å². The Morgan fingerprint density at radius 2 is 1.72 bits per heavy atom. The van der Waals surface area contributed by atoms with Crippen LogP contribution in [0.2, 0.25) is 0 Å². The van der Waals surface area contributed by atoms with Crippen molar-refractivity contribution in [3.63, 3.8) is 0 Å². The van der Waals surface area contributed by atoms with E-state index >= 15 is 0 Å². The number of aromatic nitrogens is 2. The van der Waals surface area contributed by atoms with Crippen molar-refractivity contribution in [3.05, 3.63) is 114 Å². The molecule has 0 saturated carbocycles. The van der Waals surface area contributed by atoms with Crippen molar-refractivity contribution >= 4 is 17.7 Å². The average Bonchev–Trinajstić information content (AvgIpc) is 2.84. The Labute approximate surface area is 191 Å². The second kappa shape index (κ2) is 10.6. The molecule has 0 spiro atoms. The number of carbonyl (C=O) groups excluding carboxylic acids is 1. The fraction of sp³-hybridized carbons (Fsp3) is 0.115. The molecule has 0 aliphatic rings. The molecule has 0 fully saturated rings. The lowest BCUT2D eigenvalue weighted by molar-refractivity contribution is 0.0939.